The molecule has 4 aliphatic carbocycles. The van der Waals surface area contributed by atoms with Gasteiger partial charge < -0.3 is 14.2 Å². The molecule has 0 N–H and O–H groups in total. The fourth-order valence-electron chi connectivity index (χ4n) is 6.29. The molecule has 1 spiro atoms. The highest BCUT2D eigenvalue weighted by atomic mass is 127. The topological polar surface area (TPSA) is 61.8 Å². The Kier molecular flexibility index (Phi) is 4.56. The van der Waals surface area contributed by atoms with Crippen molar-refractivity contribution < 1.29 is 23.8 Å². The van der Waals surface area contributed by atoms with Gasteiger partial charge >= 0.3 is 11.9 Å². The SMILES string of the molecule is C=C(C)C(=O)Oc1c(I)cc(OCC(=O)OC2(C)C3CC4CC5(CC52)C43)cc1I. The minimum atomic E-state index is -0.465. The molecule has 5 nitrogen and oxygen atoms in total. The molecule has 154 valence electrons. The van der Waals surface area contributed by atoms with Crippen molar-refractivity contribution in [2.24, 2.45) is 29.1 Å². The highest BCUT2D eigenvalue weighted by Gasteiger charge is 2.86. The van der Waals surface area contributed by atoms with Crippen LogP contribution in [-0.2, 0) is 14.3 Å². The van der Waals surface area contributed by atoms with Crippen LogP contribution in [0.15, 0.2) is 24.3 Å². The lowest BCUT2D eigenvalue weighted by Gasteiger charge is -2.58. The highest BCUT2D eigenvalue weighted by molar-refractivity contribution is 14.1. The van der Waals surface area contributed by atoms with Crippen LogP contribution in [-0.4, -0.2) is 24.1 Å². The molecular formula is C22H22I2O5. The van der Waals surface area contributed by atoms with Crippen molar-refractivity contribution in [2.45, 2.75) is 38.7 Å². The Morgan fingerprint density at radius 3 is 2.52 bits per heavy atom. The number of ether oxygens (including phenoxy) is 3. The molecule has 0 aliphatic heterocycles. The second kappa shape index (κ2) is 6.58. The normalized spacial score (nSPS) is 37.4. The Labute approximate surface area is 197 Å². The molecule has 1 aromatic rings. The number of esters is 2. The zero-order valence-corrected chi connectivity index (χ0v) is 20.6. The summed E-state index contributed by atoms with van der Waals surface area (Å²) in [5.41, 5.74) is 0.553. The lowest BCUT2D eigenvalue weighted by molar-refractivity contribution is -0.182. The molecule has 0 amide bonds. The van der Waals surface area contributed by atoms with Crippen LogP contribution < -0.4 is 9.47 Å². The summed E-state index contributed by atoms with van der Waals surface area (Å²) in [6.07, 6.45) is 3.80. The molecule has 0 bridgehead atoms. The van der Waals surface area contributed by atoms with Gasteiger partial charge in [0.1, 0.15) is 11.4 Å². The van der Waals surface area contributed by atoms with E-state index >= 15 is 0 Å². The van der Waals surface area contributed by atoms with Crippen LogP contribution in [0, 0.1) is 36.2 Å². The molecule has 4 saturated carbocycles. The van der Waals surface area contributed by atoms with Gasteiger partial charge in [-0.25, -0.2) is 9.59 Å². The third kappa shape index (κ3) is 2.89. The van der Waals surface area contributed by atoms with Crippen molar-refractivity contribution in [3.05, 3.63) is 31.4 Å². The van der Waals surface area contributed by atoms with Gasteiger partial charge in [0.25, 0.3) is 0 Å². The van der Waals surface area contributed by atoms with E-state index in [2.05, 4.69) is 58.7 Å². The Balaban J connectivity index is 1.21. The summed E-state index contributed by atoms with van der Waals surface area (Å²) in [6, 6.07) is 3.50. The van der Waals surface area contributed by atoms with Crippen LogP contribution in [0.3, 0.4) is 0 Å². The van der Waals surface area contributed by atoms with Gasteiger partial charge in [-0.1, -0.05) is 6.58 Å². The Hall–Kier alpha value is -0.840. The van der Waals surface area contributed by atoms with Crippen molar-refractivity contribution in [1.29, 1.82) is 0 Å². The molecular weight excluding hydrogens is 598 g/mol. The molecule has 4 fully saturated rings. The van der Waals surface area contributed by atoms with Crippen molar-refractivity contribution in [2.75, 3.05) is 6.61 Å². The van der Waals surface area contributed by atoms with E-state index in [0.717, 1.165) is 19.0 Å². The second-order valence-electron chi connectivity index (χ2n) is 9.15. The maximum Gasteiger partial charge on any atom is 0.344 e. The predicted molar refractivity (Wildman–Crippen MR) is 123 cm³/mol. The number of hydrogen-bond acceptors (Lipinski definition) is 5. The first kappa shape index (κ1) is 20.1. The average molecular weight is 620 g/mol. The third-order valence-electron chi connectivity index (χ3n) is 7.56. The molecule has 0 radical (unpaired) electrons. The first-order valence-corrected chi connectivity index (χ1v) is 12.0. The maximum atomic E-state index is 12.6. The van der Waals surface area contributed by atoms with E-state index in [9.17, 15) is 9.59 Å². The highest BCUT2D eigenvalue weighted by Crippen LogP contribution is 2.88. The summed E-state index contributed by atoms with van der Waals surface area (Å²) in [7, 11) is 0. The third-order valence-corrected chi connectivity index (χ3v) is 9.16. The average Bonchev–Trinajstić information content (AvgIpc) is 3.35. The molecule has 4 aliphatic rings. The van der Waals surface area contributed by atoms with Crippen molar-refractivity contribution >= 4 is 57.1 Å². The van der Waals surface area contributed by atoms with E-state index in [-0.39, 0.29) is 18.2 Å². The molecule has 1 aromatic carbocycles. The standard InChI is InChI=1S/C22H22I2O5/c1-10(2)20(26)28-19-14(23)5-12(6-15(19)24)27-9-17(25)29-21(3)13-4-11-7-22(18(11)13)8-16(21)22/h5-6,11,13,16,18H,1,4,7-9H2,2-3H3. The smallest absolute Gasteiger partial charge is 0.344 e. The maximum absolute atomic E-state index is 12.6. The van der Waals surface area contributed by atoms with E-state index in [4.69, 9.17) is 14.2 Å². The van der Waals surface area contributed by atoms with Crippen molar-refractivity contribution in [1.82, 2.24) is 0 Å². The van der Waals surface area contributed by atoms with Gasteiger partial charge in [-0.3, -0.25) is 0 Å². The van der Waals surface area contributed by atoms with Crippen LogP contribution >= 0.6 is 45.2 Å². The monoisotopic (exact) mass is 620 g/mol. The molecule has 5 rings (SSSR count). The van der Waals surface area contributed by atoms with Gasteiger partial charge in [0.15, 0.2) is 12.4 Å². The van der Waals surface area contributed by atoms with Gasteiger partial charge in [0.05, 0.1) is 7.14 Å². The first-order chi connectivity index (χ1) is 13.7. The van der Waals surface area contributed by atoms with Gasteiger partial charge in [-0.15, -0.1) is 0 Å². The number of halogens is 2. The number of benzene rings is 1. The zero-order valence-electron chi connectivity index (χ0n) is 16.3. The van der Waals surface area contributed by atoms with E-state index in [1.165, 1.54) is 19.3 Å². The van der Waals surface area contributed by atoms with Crippen LogP contribution in [0.4, 0.5) is 0 Å². The first-order valence-electron chi connectivity index (χ1n) is 9.87. The lowest BCUT2D eigenvalue weighted by Crippen LogP contribution is -2.55. The summed E-state index contributed by atoms with van der Waals surface area (Å²) in [5.74, 6) is 3.06. The summed E-state index contributed by atoms with van der Waals surface area (Å²) in [4.78, 5) is 24.4. The Morgan fingerprint density at radius 1 is 1.24 bits per heavy atom. The number of carbonyl (C=O) groups is 2. The van der Waals surface area contributed by atoms with Crippen molar-refractivity contribution in [3.63, 3.8) is 0 Å². The zero-order chi connectivity index (χ0) is 20.7. The number of carbonyl (C=O) groups excluding carboxylic acids is 2. The molecule has 6 atom stereocenters. The summed E-state index contributed by atoms with van der Waals surface area (Å²) in [6.45, 7) is 7.23. The number of hydrogen-bond donors (Lipinski definition) is 0. The minimum Gasteiger partial charge on any atom is -0.482 e. The minimum absolute atomic E-state index is 0.118. The van der Waals surface area contributed by atoms with Crippen LogP contribution in [0.5, 0.6) is 11.5 Å². The van der Waals surface area contributed by atoms with Crippen LogP contribution in [0.25, 0.3) is 0 Å². The molecule has 0 saturated heterocycles. The van der Waals surface area contributed by atoms with Gasteiger partial charge in [0, 0.05) is 17.4 Å². The Morgan fingerprint density at radius 2 is 1.93 bits per heavy atom. The van der Waals surface area contributed by atoms with E-state index in [1.807, 2.05) is 0 Å². The Bertz CT molecular complexity index is 930. The second-order valence-corrected chi connectivity index (χ2v) is 11.5. The van der Waals surface area contributed by atoms with Crippen molar-refractivity contribution in [3.8, 4) is 11.5 Å². The molecule has 0 heterocycles. The predicted octanol–water partition coefficient (Wildman–Crippen LogP) is 4.73. The van der Waals surface area contributed by atoms with Crippen LogP contribution in [0.1, 0.15) is 33.1 Å². The van der Waals surface area contributed by atoms with Gasteiger partial charge in [-0.2, -0.15) is 0 Å². The molecule has 29 heavy (non-hydrogen) atoms. The van der Waals surface area contributed by atoms with E-state index < -0.39 is 5.97 Å². The summed E-state index contributed by atoms with van der Waals surface area (Å²) in [5, 5.41) is 0. The summed E-state index contributed by atoms with van der Waals surface area (Å²) < 4.78 is 18.6. The van der Waals surface area contributed by atoms with E-state index in [1.54, 1.807) is 19.1 Å². The molecule has 7 heteroatoms. The molecule has 6 unspecified atom stereocenters. The van der Waals surface area contributed by atoms with Crippen LogP contribution in [0.2, 0.25) is 0 Å². The number of rotatable bonds is 6. The summed E-state index contributed by atoms with van der Waals surface area (Å²) >= 11 is 4.17. The lowest BCUT2D eigenvalue weighted by atomic mass is 9.47. The van der Waals surface area contributed by atoms with Gasteiger partial charge in [-0.05, 0) is 108 Å². The van der Waals surface area contributed by atoms with E-state index in [0.29, 0.717) is 34.3 Å². The fourth-order valence-corrected chi connectivity index (χ4v) is 8.23. The largest absolute Gasteiger partial charge is 0.482 e. The van der Waals surface area contributed by atoms with Gasteiger partial charge in [0.2, 0.25) is 0 Å². The quantitative estimate of drug-likeness (QED) is 0.199. The molecule has 0 aromatic heterocycles. The fraction of sp³-hybridized carbons (Fsp3) is 0.545.